The van der Waals surface area contributed by atoms with Crippen LogP contribution in [0, 0.1) is 0 Å². The summed E-state index contributed by atoms with van der Waals surface area (Å²) in [6.07, 6.45) is 1.98. The number of carbonyl (C=O) groups excluding carboxylic acids is 1. The van der Waals surface area contributed by atoms with Crippen LogP contribution in [-0.4, -0.2) is 27.2 Å². The zero-order chi connectivity index (χ0) is 11.1. The highest BCUT2D eigenvalue weighted by molar-refractivity contribution is 5.89. The van der Waals surface area contributed by atoms with Crippen molar-refractivity contribution in [2.45, 2.75) is 19.3 Å². The molecule has 80 valence electrons. The van der Waals surface area contributed by atoms with Gasteiger partial charge in [-0.15, -0.1) is 5.10 Å². The van der Waals surface area contributed by atoms with E-state index in [4.69, 9.17) is 5.11 Å². The molecular weight excluding hydrogens is 198 g/mol. The lowest BCUT2D eigenvalue weighted by molar-refractivity contribution is -0.137. The van der Waals surface area contributed by atoms with E-state index in [1.54, 1.807) is 12.1 Å². The van der Waals surface area contributed by atoms with Gasteiger partial charge in [-0.2, -0.15) is 5.10 Å². The average molecular weight is 209 g/mol. The fourth-order valence-corrected chi connectivity index (χ4v) is 0.974. The summed E-state index contributed by atoms with van der Waals surface area (Å²) >= 11 is 0. The molecule has 0 radical (unpaired) electrons. The van der Waals surface area contributed by atoms with Gasteiger partial charge in [0.2, 0.25) is 5.91 Å². The van der Waals surface area contributed by atoms with Crippen LogP contribution in [0.5, 0.6) is 0 Å². The van der Waals surface area contributed by atoms with E-state index in [-0.39, 0.29) is 18.7 Å². The fourth-order valence-electron chi connectivity index (χ4n) is 0.974. The molecule has 15 heavy (non-hydrogen) atoms. The number of amides is 1. The van der Waals surface area contributed by atoms with E-state index in [1.807, 2.05) is 0 Å². The highest BCUT2D eigenvalue weighted by Crippen LogP contribution is 2.01. The second-order valence-electron chi connectivity index (χ2n) is 2.90. The second-order valence-corrected chi connectivity index (χ2v) is 2.90. The lowest BCUT2D eigenvalue weighted by atomic mass is 10.2. The maximum absolute atomic E-state index is 11.2. The first-order valence-corrected chi connectivity index (χ1v) is 4.48. The Morgan fingerprint density at radius 1 is 1.40 bits per heavy atom. The Hall–Kier alpha value is -1.98. The Bertz CT molecular complexity index is 340. The Kier molecular flexibility index (Phi) is 4.21. The molecule has 0 atom stereocenters. The maximum Gasteiger partial charge on any atom is 0.303 e. The summed E-state index contributed by atoms with van der Waals surface area (Å²) in [6.45, 7) is 0. The normalized spacial score (nSPS) is 9.60. The number of anilines is 1. The van der Waals surface area contributed by atoms with E-state index in [0.717, 1.165) is 0 Å². The molecule has 2 N–H and O–H groups in total. The van der Waals surface area contributed by atoms with E-state index in [2.05, 4.69) is 15.5 Å². The molecule has 0 fully saturated rings. The van der Waals surface area contributed by atoms with Gasteiger partial charge in [-0.3, -0.25) is 9.59 Å². The van der Waals surface area contributed by atoms with E-state index in [1.165, 1.54) is 6.20 Å². The van der Waals surface area contributed by atoms with E-state index >= 15 is 0 Å². The molecule has 1 aromatic rings. The molecule has 1 heterocycles. The van der Waals surface area contributed by atoms with Crippen LogP contribution in [0.1, 0.15) is 19.3 Å². The summed E-state index contributed by atoms with van der Waals surface area (Å²) < 4.78 is 0. The molecule has 0 aliphatic heterocycles. The molecule has 0 spiro atoms. The maximum atomic E-state index is 11.2. The van der Waals surface area contributed by atoms with Crippen LogP contribution in [0.25, 0.3) is 0 Å². The van der Waals surface area contributed by atoms with Crippen LogP contribution in [0.15, 0.2) is 18.3 Å². The van der Waals surface area contributed by atoms with Crippen LogP contribution in [0.3, 0.4) is 0 Å². The van der Waals surface area contributed by atoms with Crippen LogP contribution in [-0.2, 0) is 9.59 Å². The third-order valence-electron chi connectivity index (χ3n) is 1.63. The van der Waals surface area contributed by atoms with Crippen LogP contribution >= 0.6 is 0 Å². The molecule has 0 saturated heterocycles. The predicted octanol–water partition coefficient (Wildman–Crippen LogP) is 0.670. The highest BCUT2D eigenvalue weighted by Gasteiger charge is 2.04. The third-order valence-corrected chi connectivity index (χ3v) is 1.63. The van der Waals surface area contributed by atoms with Crippen molar-refractivity contribution in [3.63, 3.8) is 0 Å². The molecule has 6 nitrogen and oxygen atoms in total. The van der Waals surface area contributed by atoms with Gasteiger partial charge in [-0.25, -0.2) is 0 Å². The SMILES string of the molecule is O=C(O)CCCC(=O)Nc1cccnn1. The Balaban J connectivity index is 2.28. The first-order valence-electron chi connectivity index (χ1n) is 4.48. The van der Waals surface area contributed by atoms with Crippen LogP contribution < -0.4 is 5.32 Å². The molecule has 0 aromatic carbocycles. The Morgan fingerprint density at radius 3 is 2.80 bits per heavy atom. The van der Waals surface area contributed by atoms with Crippen LogP contribution in [0.4, 0.5) is 5.82 Å². The van der Waals surface area contributed by atoms with Crippen molar-refractivity contribution in [3.05, 3.63) is 18.3 Å². The molecule has 1 aromatic heterocycles. The van der Waals surface area contributed by atoms with Gasteiger partial charge in [0.1, 0.15) is 0 Å². The lowest BCUT2D eigenvalue weighted by Gasteiger charge is -2.01. The molecule has 6 heteroatoms. The number of nitrogens with zero attached hydrogens (tertiary/aromatic N) is 2. The van der Waals surface area contributed by atoms with Gasteiger partial charge < -0.3 is 10.4 Å². The summed E-state index contributed by atoms with van der Waals surface area (Å²) in [4.78, 5) is 21.4. The number of carboxylic acids is 1. The van der Waals surface area contributed by atoms with E-state index in [9.17, 15) is 9.59 Å². The van der Waals surface area contributed by atoms with Gasteiger partial charge in [-0.1, -0.05) is 0 Å². The smallest absolute Gasteiger partial charge is 0.303 e. The standard InChI is InChI=1S/C9H11N3O3/c13-8(4-1-5-9(14)15)11-7-3-2-6-10-12-7/h2-3,6H,1,4-5H2,(H,14,15)(H,11,12,13). The average Bonchev–Trinajstić information content (AvgIpc) is 2.18. The molecule has 0 saturated carbocycles. The molecular formula is C9H11N3O3. The monoisotopic (exact) mass is 209 g/mol. The van der Waals surface area contributed by atoms with Gasteiger partial charge in [0, 0.05) is 19.0 Å². The molecule has 0 bridgehead atoms. The zero-order valence-corrected chi connectivity index (χ0v) is 8.01. The van der Waals surface area contributed by atoms with Crippen molar-refractivity contribution < 1.29 is 14.7 Å². The Labute approximate surface area is 86.3 Å². The van der Waals surface area contributed by atoms with Gasteiger partial charge in [0.15, 0.2) is 5.82 Å². The summed E-state index contributed by atoms with van der Waals surface area (Å²) in [5.74, 6) is -0.781. The highest BCUT2D eigenvalue weighted by atomic mass is 16.4. The van der Waals surface area contributed by atoms with Crippen molar-refractivity contribution in [2.24, 2.45) is 0 Å². The number of hydrogen-bond acceptors (Lipinski definition) is 4. The summed E-state index contributed by atoms with van der Waals surface area (Å²) in [5, 5.41) is 18.1. The van der Waals surface area contributed by atoms with Crippen molar-refractivity contribution in [2.75, 3.05) is 5.32 Å². The minimum absolute atomic E-state index is 0.00606. The molecule has 0 unspecified atom stereocenters. The van der Waals surface area contributed by atoms with Gasteiger partial charge in [0.05, 0.1) is 0 Å². The number of aliphatic carboxylic acids is 1. The third kappa shape index (κ3) is 4.70. The van der Waals surface area contributed by atoms with Crippen molar-refractivity contribution in [1.29, 1.82) is 0 Å². The largest absolute Gasteiger partial charge is 0.481 e. The number of nitrogens with one attached hydrogen (secondary N) is 1. The summed E-state index contributed by atoms with van der Waals surface area (Å²) in [6, 6.07) is 3.27. The first kappa shape index (κ1) is 11.1. The minimum Gasteiger partial charge on any atom is -0.481 e. The molecule has 1 rings (SSSR count). The number of aromatic nitrogens is 2. The minimum atomic E-state index is -0.901. The Morgan fingerprint density at radius 2 is 2.20 bits per heavy atom. The lowest BCUT2D eigenvalue weighted by Crippen LogP contribution is -2.13. The van der Waals surface area contributed by atoms with Crippen molar-refractivity contribution >= 4 is 17.7 Å². The number of hydrogen-bond donors (Lipinski definition) is 2. The van der Waals surface area contributed by atoms with Gasteiger partial charge >= 0.3 is 5.97 Å². The van der Waals surface area contributed by atoms with E-state index in [0.29, 0.717) is 12.2 Å². The van der Waals surface area contributed by atoms with Gasteiger partial charge in [-0.05, 0) is 18.6 Å². The zero-order valence-electron chi connectivity index (χ0n) is 8.01. The quantitative estimate of drug-likeness (QED) is 0.743. The number of carbonyl (C=O) groups is 2. The molecule has 0 aliphatic carbocycles. The number of rotatable bonds is 5. The van der Waals surface area contributed by atoms with E-state index < -0.39 is 5.97 Å². The van der Waals surface area contributed by atoms with Crippen molar-refractivity contribution in [1.82, 2.24) is 10.2 Å². The predicted molar refractivity (Wildman–Crippen MR) is 52.1 cm³/mol. The first-order chi connectivity index (χ1) is 7.18. The van der Waals surface area contributed by atoms with Gasteiger partial charge in [0.25, 0.3) is 0 Å². The molecule has 1 amide bonds. The topological polar surface area (TPSA) is 92.2 Å². The summed E-state index contributed by atoms with van der Waals surface area (Å²) in [7, 11) is 0. The van der Waals surface area contributed by atoms with Crippen LogP contribution in [0.2, 0.25) is 0 Å². The summed E-state index contributed by atoms with van der Waals surface area (Å²) in [5.41, 5.74) is 0. The fraction of sp³-hybridized carbons (Fsp3) is 0.333. The number of carboxylic acid groups (broad SMARTS) is 1. The molecule has 0 aliphatic rings. The van der Waals surface area contributed by atoms with Crippen molar-refractivity contribution in [3.8, 4) is 0 Å². The second kappa shape index (κ2) is 5.69.